The molecule has 0 aliphatic heterocycles. The van der Waals surface area contributed by atoms with E-state index in [1.807, 2.05) is 20.8 Å². The van der Waals surface area contributed by atoms with E-state index in [2.05, 4.69) is 37.5 Å². The lowest BCUT2D eigenvalue weighted by atomic mass is 9.86. The smallest absolute Gasteiger partial charge is 0.334 e. The van der Waals surface area contributed by atoms with E-state index in [1.54, 1.807) is 0 Å². The summed E-state index contributed by atoms with van der Waals surface area (Å²) in [5.74, 6) is 0.662. The van der Waals surface area contributed by atoms with Gasteiger partial charge in [0.15, 0.2) is 5.82 Å². The molecule has 24 heavy (non-hydrogen) atoms. The summed E-state index contributed by atoms with van der Waals surface area (Å²) in [5, 5.41) is 4.09. The maximum absolute atomic E-state index is 12.0. The summed E-state index contributed by atoms with van der Waals surface area (Å²) in [6.45, 7) is 15.7. The van der Waals surface area contributed by atoms with Gasteiger partial charge in [-0.15, -0.1) is 0 Å². The van der Waals surface area contributed by atoms with Gasteiger partial charge < -0.3 is 9.26 Å². The molecule has 0 aromatic carbocycles. The van der Waals surface area contributed by atoms with E-state index in [4.69, 9.17) is 9.26 Å². The summed E-state index contributed by atoms with van der Waals surface area (Å²) >= 11 is 0. The Kier molecular flexibility index (Phi) is 7.18. The van der Waals surface area contributed by atoms with Crippen molar-refractivity contribution in [3.05, 3.63) is 23.9 Å². The third-order valence-corrected chi connectivity index (χ3v) is 3.78. The van der Waals surface area contributed by atoms with Crippen LogP contribution in [0.3, 0.4) is 0 Å². The van der Waals surface area contributed by atoms with E-state index >= 15 is 0 Å². The predicted molar refractivity (Wildman–Crippen MR) is 94.8 cm³/mol. The minimum atomic E-state index is -0.541. The molecule has 0 amide bonds. The average Bonchev–Trinajstić information content (AvgIpc) is 2.91. The third kappa shape index (κ3) is 6.85. The Hall–Kier alpha value is -1.65. The largest absolute Gasteiger partial charge is 0.457 e. The number of hydrogen-bond acceptors (Lipinski definition) is 5. The number of rotatable bonds is 9. The molecule has 0 bridgehead atoms. The van der Waals surface area contributed by atoms with Gasteiger partial charge in [-0.05, 0) is 27.2 Å². The van der Waals surface area contributed by atoms with Crippen molar-refractivity contribution < 1.29 is 14.1 Å². The van der Waals surface area contributed by atoms with Crippen LogP contribution in [0.1, 0.15) is 85.4 Å². The summed E-state index contributed by atoms with van der Waals surface area (Å²) in [5.41, 5.74) is -0.357. The van der Waals surface area contributed by atoms with Gasteiger partial charge in [-0.2, -0.15) is 4.98 Å². The molecule has 0 N–H and O–H groups in total. The van der Waals surface area contributed by atoms with Gasteiger partial charge in [0.25, 0.3) is 0 Å². The van der Waals surface area contributed by atoms with E-state index in [9.17, 15) is 4.79 Å². The molecule has 5 heteroatoms. The quantitative estimate of drug-likeness (QED) is 0.369. The number of unbranched alkanes of at least 4 members (excludes halogenated alkanes) is 3. The fraction of sp³-hybridized carbons (Fsp3) is 0.737. The molecule has 0 radical (unpaired) electrons. The molecule has 1 aromatic heterocycles. The first-order valence-corrected chi connectivity index (χ1v) is 8.79. The first-order chi connectivity index (χ1) is 11.0. The second kappa shape index (κ2) is 8.45. The van der Waals surface area contributed by atoms with E-state index in [0.29, 0.717) is 17.3 Å². The second-order valence-electron chi connectivity index (χ2n) is 7.99. The van der Waals surface area contributed by atoms with Gasteiger partial charge in [0.05, 0.1) is 6.42 Å². The van der Waals surface area contributed by atoms with Crippen LogP contribution >= 0.6 is 0 Å². The highest BCUT2D eigenvalue weighted by Gasteiger charge is 2.27. The number of nitrogens with zero attached hydrogens (tertiary/aromatic N) is 2. The second-order valence-corrected chi connectivity index (χ2v) is 7.99. The fourth-order valence-corrected chi connectivity index (χ4v) is 2.31. The zero-order valence-corrected chi connectivity index (χ0v) is 16.1. The minimum absolute atomic E-state index is 0.136. The molecule has 0 saturated heterocycles. The Morgan fingerprint density at radius 3 is 2.42 bits per heavy atom. The third-order valence-electron chi connectivity index (χ3n) is 3.78. The van der Waals surface area contributed by atoms with Crippen molar-refractivity contribution >= 4 is 5.97 Å². The molecule has 0 fully saturated rings. The minimum Gasteiger partial charge on any atom is -0.457 e. The van der Waals surface area contributed by atoms with Gasteiger partial charge in [-0.1, -0.05) is 58.2 Å². The summed E-state index contributed by atoms with van der Waals surface area (Å²) in [6.07, 6.45) is 6.07. The Labute approximate surface area is 145 Å². The number of carbonyl (C=O) groups excluding carboxylic acids is 1. The van der Waals surface area contributed by atoms with Gasteiger partial charge in [0.2, 0.25) is 5.89 Å². The predicted octanol–water partition coefficient (Wildman–Crippen LogP) is 4.76. The monoisotopic (exact) mass is 336 g/mol. The van der Waals surface area contributed by atoms with E-state index in [-0.39, 0.29) is 11.8 Å². The summed E-state index contributed by atoms with van der Waals surface area (Å²) < 4.78 is 10.6. The zero-order valence-electron chi connectivity index (χ0n) is 16.1. The van der Waals surface area contributed by atoms with E-state index in [1.165, 1.54) is 19.3 Å². The summed E-state index contributed by atoms with van der Waals surface area (Å²) in [6, 6.07) is 0. The highest BCUT2D eigenvalue weighted by molar-refractivity contribution is 5.88. The van der Waals surface area contributed by atoms with E-state index < -0.39 is 11.6 Å². The molecule has 136 valence electrons. The molecule has 1 rings (SSSR count). The molecule has 1 heterocycles. The van der Waals surface area contributed by atoms with Gasteiger partial charge in [-0.25, -0.2) is 4.79 Å². The standard InChI is InChI=1S/C19H32N2O3/c1-8-9-10-11-12-19(6,7)17-20-15(24-21-17)13-14(2)16(22)23-18(3,4)5/h2,8-13H2,1,3-7H3. The first kappa shape index (κ1) is 20.4. The molecule has 0 unspecified atom stereocenters. The van der Waals surface area contributed by atoms with Gasteiger partial charge in [0.1, 0.15) is 5.60 Å². The Morgan fingerprint density at radius 1 is 1.17 bits per heavy atom. The van der Waals surface area contributed by atoms with Crippen LogP contribution in [0.25, 0.3) is 0 Å². The highest BCUT2D eigenvalue weighted by Crippen LogP contribution is 2.27. The molecule has 0 spiro atoms. The van der Waals surface area contributed by atoms with Crippen molar-refractivity contribution in [2.24, 2.45) is 0 Å². The normalized spacial score (nSPS) is 12.2. The molecule has 0 aliphatic carbocycles. The average molecular weight is 336 g/mol. The lowest BCUT2D eigenvalue weighted by Gasteiger charge is -2.20. The van der Waals surface area contributed by atoms with Crippen LogP contribution in [0, 0.1) is 0 Å². The molecular weight excluding hydrogens is 304 g/mol. The number of esters is 1. The molecule has 5 nitrogen and oxygen atoms in total. The van der Waals surface area contributed by atoms with Crippen LogP contribution in [-0.2, 0) is 21.4 Å². The van der Waals surface area contributed by atoms with Crippen molar-refractivity contribution in [2.45, 2.75) is 91.1 Å². The SMILES string of the molecule is C=C(Cc1nc(C(C)(C)CCCCCC)no1)C(=O)OC(C)(C)C. The van der Waals surface area contributed by atoms with E-state index in [0.717, 1.165) is 12.8 Å². The molecule has 1 aromatic rings. The van der Waals surface area contributed by atoms with Crippen LogP contribution in [0.4, 0.5) is 0 Å². The van der Waals surface area contributed by atoms with Crippen LogP contribution in [-0.4, -0.2) is 21.7 Å². The highest BCUT2D eigenvalue weighted by atomic mass is 16.6. The first-order valence-electron chi connectivity index (χ1n) is 8.79. The van der Waals surface area contributed by atoms with Gasteiger partial charge in [0, 0.05) is 11.0 Å². The Bertz CT molecular complexity index is 553. The molecule has 0 aliphatic rings. The van der Waals surface area contributed by atoms with Crippen LogP contribution in [0.5, 0.6) is 0 Å². The van der Waals surface area contributed by atoms with Crippen molar-refractivity contribution in [2.75, 3.05) is 0 Å². The van der Waals surface area contributed by atoms with Crippen LogP contribution in [0.15, 0.2) is 16.7 Å². The number of hydrogen-bond donors (Lipinski definition) is 0. The molecular formula is C19H32N2O3. The van der Waals surface area contributed by atoms with Gasteiger partial charge in [-0.3, -0.25) is 0 Å². The van der Waals surface area contributed by atoms with Gasteiger partial charge >= 0.3 is 5.97 Å². The Morgan fingerprint density at radius 2 is 1.83 bits per heavy atom. The fourth-order valence-electron chi connectivity index (χ4n) is 2.31. The maximum atomic E-state index is 12.0. The van der Waals surface area contributed by atoms with Crippen molar-refractivity contribution in [1.82, 2.24) is 10.1 Å². The maximum Gasteiger partial charge on any atom is 0.334 e. The lowest BCUT2D eigenvalue weighted by Crippen LogP contribution is -2.25. The van der Waals surface area contributed by atoms with Crippen molar-refractivity contribution in [3.8, 4) is 0 Å². The van der Waals surface area contributed by atoms with Crippen molar-refractivity contribution in [1.29, 1.82) is 0 Å². The van der Waals surface area contributed by atoms with Crippen molar-refractivity contribution in [3.63, 3.8) is 0 Å². The summed E-state index contributed by atoms with van der Waals surface area (Å²) in [4.78, 5) is 16.4. The van der Waals surface area contributed by atoms with Crippen LogP contribution in [0.2, 0.25) is 0 Å². The zero-order chi connectivity index (χ0) is 18.4. The topological polar surface area (TPSA) is 65.2 Å². The molecule has 0 atom stereocenters. The number of carbonyl (C=O) groups is 1. The number of ether oxygens (including phenoxy) is 1. The Balaban J connectivity index is 2.61. The molecule has 0 saturated carbocycles. The summed E-state index contributed by atoms with van der Waals surface area (Å²) in [7, 11) is 0. The lowest BCUT2D eigenvalue weighted by molar-refractivity contribution is -0.150. The number of aromatic nitrogens is 2. The van der Waals surface area contributed by atoms with Crippen LogP contribution < -0.4 is 0 Å².